The van der Waals surface area contributed by atoms with Crippen molar-refractivity contribution in [3.8, 4) is 0 Å². The number of likely N-dealkylation sites (tertiary alicyclic amines) is 1. The molecule has 30 heavy (non-hydrogen) atoms. The average Bonchev–Trinajstić information content (AvgIpc) is 3.34. The molecule has 1 N–H and O–H groups in total. The highest BCUT2D eigenvalue weighted by molar-refractivity contribution is 6.31. The molecular formula is C21H23ClFN5O2. The van der Waals surface area contributed by atoms with Crippen LogP contribution in [0.3, 0.4) is 0 Å². The third-order valence-corrected chi connectivity index (χ3v) is 5.61. The van der Waals surface area contributed by atoms with Crippen molar-refractivity contribution in [2.45, 2.75) is 19.4 Å². The molecule has 2 amide bonds. The molecule has 3 heterocycles. The van der Waals surface area contributed by atoms with E-state index in [1.807, 2.05) is 12.1 Å². The number of nitrogens with zero attached hydrogens (tertiary/aromatic N) is 4. The van der Waals surface area contributed by atoms with E-state index in [0.29, 0.717) is 37.8 Å². The van der Waals surface area contributed by atoms with E-state index in [0.717, 1.165) is 29.8 Å². The molecule has 1 unspecified atom stereocenters. The lowest BCUT2D eigenvalue weighted by Gasteiger charge is -2.18. The van der Waals surface area contributed by atoms with Gasteiger partial charge in [-0.25, -0.2) is 19.2 Å². The van der Waals surface area contributed by atoms with E-state index in [4.69, 9.17) is 21.3 Å². The summed E-state index contributed by atoms with van der Waals surface area (Å²) in [6, 6.07) is 7.77. The SMILES string of the molecule is COCCn1c(CC2CCN(C(=O)Nc3ccc(F)c(Cl)c3)C2)nc2cccnc21. The van der Waals surface area contributed by atoms with Gasteiger partial charge in [0.25, 0.3) is 0 Å². The molecule has 0 aliphatic carbocycles. The molecule has 1 saturated heterocycles. The van der Waals surface area contributed by atoms with Gasteiger partial charge in [0.15, 0.2) is 5.65 Å². The first kappa shape index (κ1) is 20.6. The third kappa shape index (κ3) is 4.39. The molecule has 158 valence electrons. The van der Waals surface area contributed by atoms with Gasteiger partial charge in [0, 0.05) is 45.0 Å². The van der Waals surface area contributed by atoms with Crippen LogP contribution in [0.25, 0.3) is 11.2 Å². The van der Waals surface area contributed by atoms with Gasteiger partial charge in [-0.3, -0.25) is 0 Å². The van der Waals surface area contributed by atoms with Crippen LogP contribution in [-0.4, -0.2) is 52.3 Å². The number of benzene rings is 1. The number of methoxy groups -OCH3 is 1. The molecule has 1 aliphatic heterocycles. The number of ether oxygens (including phenoxy) is 1. The Balaban J connectivity index is 1.42. The fourth-order valence-corrected chi connectivity index (χ4v) is 3.98. The van der Waals surface area contributed by atoms with E-state index in [2.05, 4.69) is 14.9 Å². The zero-order chi connectivity index (χ0) is 21.1. The predicted octanol–water partition coefficient (Wildman–Crippen LogP) is 3.97. The molecule has 1 fully saturated rings. The maximum Gasteiger partial charge on any atom is 0.321 e. The second kappa shape index (κ2) is 8.97. The summed E-state index contributed by atoms with van der Waals surface area (Å²) in [7, 11) is 1.67. The molecule has 1 aliphatic rings. The number of imidazole rings is 1. The molecule has 0 saturated carbocycles. The fourth-order valence-electron chi connectivity index (χ4n) is 3.80. The Morgan fingerprint density at radius 2 is 2.27 bits per heavy atom. The van der Waals surface area contributed by atoms with Crippen LogP contribution in [0, 0.1) is 11.7 Å². The second-order valence-corrected chi connectivity index (χ2v) is 7.79. The van der Waals surface area contributed by atoms with Crippen LogP contribution in [0.2, 0.25) is 5.02 Å². The maximum absolute atomic E-state index is 13.3. The number of carbonyl (C=O) groups excluding carboxylic acids is 1. The van der Waals surface area contributed by atoms with Crippen LogP contribution in [0.5, 0.6) is 0 Å². The van der Waals surface area contributed by atoms with E-state index in [9.17, 15) is 9.18 Å². The summed E-state index contributed by atoms with van der Waals surface area (Å²) in [6.45, 7) is 2.54. The molecular weight excluding hydrogens is 409 g/mol. The number of hydrogen-bond acceptors (Lipinski definition) is 4. The standard InChI is InChI=1S/C21H23ClFN5O2/c1-30-10-9-28-19(26-18-3-2-7-24-20(18)28)11-14-6-8-27(13-14)21(29)25-15-4-5-17(23)16(22)12-15/h2-5,7,12,14H,6,8-11,13H2,1H3,(H,25,29). The maximum atomic E-state index is 13.3. The fraction of sp³-hybridized carbons (Fsp3) is 0.381. The molecule has 1 aromatic carbocycles. The number of aromatic nitrogens is 3. The third-order valence-electron chi connectivity index (χ3n) is 5.32. The van der Waals surface area contributed by atoms with Crippen molar-refractivity contribution in [3.05, 3.63) is 53.2 Å². The van der Waals surface area contributed by atoms with Crippen LogP contribution in [0.15, 0.2) is 36.5 Å². The van der Waals surface area contributed by atoms with Crippen molar-refractivity contribution in [2.75, 3.05) is 32.1 Å². The summed E-state index contributed by atoms with van der Waals surface area (Å²) >= 11 is 5.79. The van der Waals surface area contributed by atoms with Crippen LogP contribution in [0.4, 0.5) is 14.9 Å². The lowest BCUT2D eigenvalue weighted by Crippen LogP contribution is -2.33. The van der Waals surface area contributed by atoms with Crippen LogP contribution >= 0.6 is 11.6 Å². The normalized spacial score (nSPS) is 16.4. The minimum Gasteiger partial charge on any atom is -0.383 e. The summed E-state index contributed by atoms with van der Waals surface area (Å²) in [6.07, 6.45) is 3.41. The minimum atomic E-state index is -0.512. The smallest absolute Gasteiger partial charge is 0.321 e. The Morgan fingerprint density at radius 1 is 1.40 bits per heavy atom. The number of hydrogen-bond donors (Lipinski definition) is 1. The number of fused-ring (bicyclic) bond motifs is 1. The van der Waals surface area contributed by atoms with Crippen molar-refractivity contribution < 1.29 is 13.9 Å². The molecule has 0 bridgehead atoms. The van der Waals surface area contributed by atoms with Gasteiger partial charge < -0.3 is 19.5 Å². The molecule has 0 radical (unpaired) electrons. The molecule has 9 heteroatoms. The number of halogens is 2. The summed E-state index contributed by atoms with van der Waals surface area (Å²) in [5.41, 5.74) is 2.19. The summed E-state index contributed by atoms with van der Waals surface area (Å²) < 4.78 is 20.6. The van der Waals surface area contributed by atoms with Crippen molar-refractivity contribution in [3.63, 3.8) is 0 Å². The van der Waals surface area contributed by atoms with E-state index < -0.39 is 5.82 Å². The van der Waals surface area contributed by atoms with Gasteiger partial charge in [-0.05, 0) is 42.7 Å². The highest BCUT2D eigenvalue weighted by Gasteiger charge is 2.28. The number of rotatable bonds is 6. The number of anilines is 1. The number of urea groups is 1. The lowest BCUT2D eigenvalue weighted by atomic mass is 10.0. The highest BCUT2D eigenvalue weighted by Crippen LogP contribution is 2.24. The molecule has 0 spiro atoms. The van der Waals surface area contributed by atoms with E-state index in [1.54, 1.807) is 18.2 Å². The summed E-state index contributed by atoms with van der Waals surface area (Å²) in [5.74, 6) is 0.741. The van der Waals surface area contributed by atoms with Crippen molar-refractivity contribution in [1.82, 2.24) is 19.4 Å². The zero-order valence-corrected chi connectivity index (χ0v) is 17.4. The van der Waals surface area contributed by atoms with Crippen LogP contribution in [-0.2, 0) is 17.7 Å². The Bertz CT molecular complexity index is 1060. The van der Waals surface area contributed by atoms with Crippen LogP contribution in [0.1, 0.15) is 12.2 Å². The Labute approximate surface area is 178 Å². The van der Waals surface area contributed by atoms with Gasteiger partial charge >= 0.3 is 6.03 Å². The van der Waals surface area contributed by atoms with Gasteiger partial charge in [-0.1, -0.05) is 11.6 Å². The number of carbonyl (C=O) groups is 1. The van der Waals surface area contributed by atoms with Crippen molar-refractivity contribution >= 4 is 34.5 Å². The number of nitrogens with one attached hydrogen (secondary N) is 1. The summed E-state index contributed by atoms with van der Waals surface area (Å²) in [4.78, 5) is 23.6. The number of amides is 2. The van der Waals surface area contributed by atoms with Gasteiger partial charge in [0.05, 0.1) is 11.6 Å². The Hall–Kier alpha value is -2.71. The average molecular weight is 432 g/mol. The van der Waals surface area contributed by atoms with Gasteiger partial charge in [-0.15, -0.1) is 0 Å². The molecule has 3 aromatic rings. The van der Waals surface area contributed by atoms with E-state index in [-0.39, 0.29) is 11.1 Å². The molecule has 7 nitrogen and oxygen atoms in total. The highest BCUT2D eigenvalue weighted by atomic mass is 35.5. The Morgan fingerprint density at radius 3 is 3.07 bits per heavy atom. The van der Waals surface area contributed by atoms with Crippen LogP contribution < -0.4 is 5.32 Å². The largest absolute Gasteiger partial charge is 0.383 e. The van der Waals surface area contributed by atoms with E-state index in [1.165, 1.54) is 18.2 Å². The van der Waals surface area contributed by atoms with E-state index >= 15 is 0 Å². The van der Waals surface area contributed by atoms with Gasteiger partial charge in [0.2, 0.25) is 0 Å². The quantitative estimate of drug-likeness (QED) is 0.641. The van der Waals surface area contributed by atoms with Crippen molar-refractivity contribution in [2.24, 2.45) is 5.92 Å². The second-order valence-electron chi connectivity index (χ2n) is 7.38. The van der Waals surface area contributed by atoms with Gasteiger partial charge in [-0.2, -0.15) is 0 Å². The minimum absolute atomic E-state index is 0.0179. The zero-order valence-electron chi connectivity index (χ0n) is 16.6. The predicted molar refractivity (Wildman–Crippen MR) is 113 cm³/mol. The first-order chi connectivity index (χ1) is 14.5. The molecule has 2 aromatic heterocycles. The van der Waals surface area contributed by atoms with Gasteiger partial charge in [0.1, 0.15) is 17.2 Å². The summed E-state index contributed by atoms with van der Waals surface area (Å²) in [5, 5.41) is 2.77. The number of pyridine rings is 1. The lowest BCUT2D eigenvalue weighted by molar-refractivity contribution is 0.187. The first-order valence-electron chi connectivity index (χ1n) is 9.85. The molecule has 1 atom stereocenters. The first-order valence-corrected chi connectivity index (χ1v) is 10.2. The molecule has 4 rings (SSSR count). The Kier molecular flexibility index (Phi) is 6.15. The topological polar surface area (TPSA) is 72.3 Å². The monoisotopic (exact) mass is 431 g/mol. The van der Waals surface area contributed by atoms with Crippen molar-refractivity contribution in [1.29, 1.82) is 0 Å².